The fourth-order valence-electron chi connectivity index (χ4n) is 13.0. The Morgan fingerprint density at radius 2 is 1.67 bits per heavy atom. The van der Waals surface area contributed by atoms with Crippen LogP contribution in [0.3, 0.4) is 0 Å². The Morgan fingerprint density at radius 3 is 2.41 bits per heavy atom. The van der Waals surface area contributed by atoms with Crippen LogP contribution in [0.4, 0.5) is 31.7 Å². The molecule has 0 aliphatic carbocycles. The zero-order valence-electron chi connectivity index (χ0n) is 43.7. The molecule has 5 aromatic rings. The number of benzene rings is 3. The number of aryl methyl sites for hydroxylation is 2. The normalized spacial score (nSPS) is 20.3. The quantitative estimate of drug-likeness (QED) is 0.0498. The van der Waals surface area contributed by atoms with Crippen LogP contribution >= 0.6 is 0 Å². The van der Waals surface area contributed by atoms with Gasteiger partial charge in [-0.1, -0.05) is 37.8 Å². The van der Waals surface area contributed by atoms with E-state index in [1.807, 2.05) is 32.9 Å². The second-order valence-electron chi connectivity index (χ2n) is 21.9. The highest BCUT2D eigenvalue weighted by atomic mass is 19.3. The number of carbonyl (C=O) groups is 3. The number of aromatic nitrogens is 4. The second-order valence-corrected chi connectivity index (χ2v) is 21.9. The molecule has 2 unspecified atom stereocenters. The van der Waals surface area contributed by atoms with Gasteiger partial charge in [-0.3, -0.25) is 34.0 Å². The van der Waals surface area contributed by atoms with Crippen LogP contribution < -0.4 is 25.8 Å². The summed E-state index contributed by atoms with van der Waals surface area (Å²) in [7, 11) is 3.52. The van der Waals surface area contributed by atoms with Crippen molar-refractivity contribution in [1.29, 1.82) is 0 Å². The fourth-order valence-corrected chi connectivity index (χ4v) is 13.0. The van der Waals surface area contributed by atoms with Gasteiger partial charge in [0.05, 0.1) is 24.0 Å². The Balaban J connectivity index is 0.621. The molecule has 3 amide bonds. The predicted octanol–water partition coefficient (Wildman–Crippen LogP) is 8.02. The standard InChI is InChI=1S/C57H74F2N12O4/c1-60-57(75)68-30-23-48-46(36-68)55(69-25-10-11-37-31-44(38-33-62-65(2)35-38)45(54(58)59)32-50(37)69)64-71(48)40-21-28-67(29-22-40)52(73)14-7-5-3-4-6-8-24-66-26-19-39(20-27-66)63-47-16-17-49-53-42(47)12-9-13-43(53)56(74)70(49)41-15-18-51(72)61-34-41/h9,12-13,16-17,31-33,35,39-41,54,57,60,63,75H,3-8,10-11,14-15,18-30,34,36H2,1-2H3,(H,61,72). The maximum atomic E-state index is 14.8. The number of hydrogen-bond donors (Lipinski definition) is 4. The van der Waals surface area contributed by atoms with E-state index in [-0.39, 0.29) is 35.4 Å². The lowest BCUT2D eigenvalue weighted by atomic mass is 9.92. The minimum absolute atomic E-state index is 0.0185. The number of anilines is 4. The zero-order chi connectivity index (χ0) is 51.7. The molecule has 0 spiro atoms. The minimum atomic E-state index is -2.66. The summed E-state index contributed by atoms with van der Waals surface area (Å²) >= 11 is 0. The molecule has 3 fully saturated rings. The van der Waals surface area contributed by atoms with Crippen LogP contribution in [-0.4, -0.2) is 135 Å². The van der Waals surface area contributed by atoms with Gasteiger partial charge in [0, 0.05) is 141 Å². The number of carbonyl (C=O) groups excluding carboxylic acids is 3. The van der Waals surface area contributed by atoms with Crippen molar-refractivity contribution in [3.63, 3.8) is 0 Å². The minimum Gasteiger partial charge on any atom is -0.382 e. The molecule has 3 saturated heterocycles. The van der Waals surface area contributed by atoms with E-state index in [4.69, 9.17) is 5.10 Å². The number of rotatable bonds is 18. The number of alkyl halides is 2. The van der Waals surface area contributed by atoms with E-state index in [1.54, 1.807) is 37.2 Å². The molecule has 16 nitrogen and oxygen atoms in total. The third-order valence-corrected chi connectivity index (χ3v) is 17.1. The summed E-state index contributed by atoms with van der Waals surface area (Å²) in [6.07, 6.45) is 14.4. The Labute approximate surface area is 438 Å². The summed E-state index contributed by atoms with van der Waals surface area (Å²) in [6.45, 7) is 6.90. The van der Waals surface area contributed by atoms with Crippen LogP contribution in [-0.2, 0) is 36.0 Å². The number of nitrogens with one attached hydrogen (secondary N) is 3. The summed E-state index contributed by atoms with van der Waals surface area (Å²) in [5.74, 6) is 1.09. The van der Waals surface area contributed by atoms with Crippen molar-refractivity contribution < 1.29 is 28.3 Å². The first-order valence-corrected chi connectivity index (χ1v) is 27.9. The molecule has 8 heterocycles. The Hall–Kier alpha value is -5.95. The van der Waals surface area contributed by atoms with Crippen molar-refractivity contribution in [2.75, 3.05) is 74.5 Å². The van der Waals surface area contributed by atoms with Crippen molar-refractivity contribution in [3.8, 4) is 11.1 Å². The van der Waals surface area contributed by atoms with Crippen LogP contribution in [0, 0.1) is 0 Å². The predicted molar refractivity (Wildman–Crippen MR) is 287 cm³/mol. The van der Waals surface area contributed by atoms with Gasteiger partial charge in [-0.25, -0.2) is 8.78 Å². The van der Waals surface area contributed by atoms with E-state index >= 15 is 0 Å². The van der Waals surface area contributed by atoms with E-state index in [9.17, 15) is 28.3 Å². The summed E-state index contributed by atoms with van der Waals surface area (Å²) in [5, 5.41) is 32.3. The number of halogens is 2. The van der Waals surface area contributed by atoms with Gasteiger partial charge < -0.3 is 35.3 Å². The number of unbranched alkanes of at least 4 members (excludes halogenated alkanes) is 5. The van der Waals surface area contributed by atoms with Crippen molar-refractivity contribution in [2.24, 2.45) is 7.05 Å². The highest BCUT2D eigenvalue weighted by Gasteiger charge is 2.39. The number of piperidine rings is 3. The number of fused-ring (bicyclic) bond motifs is 2. The lowest BCUT2D eigenvalue weighted by Crippen LogP contribution is -2.49. The number of hydrogen-bond acceptors (Lipinski definition) is 11. The van der Waals surface area contributed by atoms with Gasteiger partial charge in [-0.05, 0) is 113 Å². The molecule has 0 saturated carbocycles. The molecule has 400 valence electrons. The third-order valence-electron chi connectivity index (χ3n) is 17.1. The molecule has 2 atom stereocenters. The number of nitrogens with zero attached hydrogens (tertiary/aromatic N) is 9. The molecular formula is C57H74F2N12O4. The third kappa shape index (κ3) is 10.5. The van der Waals surface area contributed by atoms with Gasteiger partial charge in [0.15, 0.2) is 12.2 Å². The van der Waals surface area contributed by atoms with E-state index < -0.39 is 12.8 Å². The molecule has 11 rings (SSSR count). The van der Waals surface area contributed by atoms with E-state index in [0.717, 1.165) is 133 Å². The first-order valence-electron chi connectivity index (χ1n) is 27.9. The zero-order valence-corrected chi connectivity index (χ0v) is 43.7. The van der Waals surface area contributed by atoms with Crippen LogP contribution in [0.1, 0.15) is 135 Å². The molecule has 0 radical (unpaired) electrons. The van der Waals surface area contributed by atoms with Gasteiger partial charge >= 0.3 is 0 Å². The summed E-state index contributed by atoms with van der Waals surface area (Å²) in [6, 6.07) is 14.3. The molecule has 6 aliphatic heterocycles. The Morgan fingerprint density at radius 1 is 0.867 bits per heavy atom. The van der Waals surface area contributed by atoms with Crippen molar-refractivity contribution in [1.82, 2.24) is 44.9 Å². The van der Waals surface area contributed by atoms with Crippen LogP contribution in [0.5, 0.6) is 0 Å². The van der Waals surface area contributed by atoms with Crippen LogP contribution in [0.15, 0.2) is 54.9 Å². The van der Waals surface area contributed by atoms with E-state index in [2.05, 4.69) is 53.7 Å². The Kier molecular flexibility index (Phi) is 15.2. The first kappa shape index (κ1) is 51.2. The fraction of sp³-hybridized carbons (Fsp3) is 0.561. The van der Waals surface area contributed by atoms with Crippen LogP contribution in [0.2, 0.25) is 0 Å². The Bertz CT molecular complexity index is 2880. The van der Waals surface area contributed by atoms with E-state index in [1.165, 1.54) is 19.3 Å². The van der Waals surface area contributed by atoms with Gasteiger partial charge in [0.1, 0.15) is 0 Å². The van der Waals surface area contributed by atoms with Crippen molar-refractivity contribution in [2.45, 2.75) is 140 Å². The molecule has 3 aromatic carbocycles. The van der Waals surface area contributed by atoms with Crippen LogP contribution in [0.25, 0.3) is 21.9 Å². The number of amides is 3. The van der Waals surface area contributed by atoms with Gasteiger partial charge in [-0.15, -0.1) is 0 Å². The summed E-state index contributed by atoms with van der Waals surface area (Å²) < 4.78 is 33.4. The number of aliphatic hydroxyl groups is 1. The van der Waals surface area contributed by atoms with E-state index in [0.29, 0.717) is 82.1 Å². The second kappa shape index (κ2) is 22.3. The molecule has 4 N–H and O–H groups in total. The number of aliphatic hydroxyl groups excluding tert-OH is 1. The van der Waals surface area contributed by atoms with Gasteiger partial charge in [0.25, 0.3) is 12.3 Å². The van der Waals surface area contributed by atoms with Crippen molar-refractivity contribution in [3.05, 3.63) is 82.8 Å². The molecule has 6 aliphatic rings. The number of likely N-dealkylation sites (tertiary alicyclic amines) is 2. The topological polar surface area (TPSA) is 159 Å². The largest absolute Gasteiger partial charge is 0.382 e. The average Bonchev–Trinajstić information content (AvgIpc) is 4.14. The molecule has 18 heteroatoms. The highest BCUT2D eigenvalue weighted by Crippen LogP contribution is 2.45. The monoisotopic (exact) mass is 1030 g/mol. The summed E-state index contributed by atoms with van der Waals surface area (Å²) in [4.78, 5) is 49.6. The lowest BCUT2D eigenvalue weighted by Gasteiger charge is -2.35. The van der Waals surface area contributed by atoms with Gasteiger partial charge in [-0.2, -0.15) is 10.2 Å². The summed E-state index contributed by atoms with van der Waals surface area (Å²) in [5.41, 5.74) is 7.88. The molecule has 0 bridgehead atoms. The smallest absolute Gasteiger partial charge is 0.264 e. The lowest BCUT2D eigenvalue weighted by molar-refractivity contribution is -0.132. The van der Waals surface area contributed by atoms with Crippen molar-refractivity contribution >= 4 is 51.4 Å². The molecular weight excluding hydrogens is 955 g/mol. The first-order chi connectivity index (χ1) is 36.5. The highest BCUT2D eigenvalue weighted by molar-refractivity contribution is 6.27. The maximum Gasteiger partial charge on any atom is 0.264 e. The SMILES string of the molecule is CNC(O)N1CCc2c(c(N3CCCc4cc(-c5cnn(C)c5)c(C(F)F)cc43)nn2C2CCN(C(=O)CCCCCCCCN3CCC(Nc4ccc5c6c(cccc46)C(=O)N5C4CCC(=O)NC4)CC3)CC2)C1. The molecule has 2 aromatic heterocycles. The van der Waals surface area contributed by atoms with Gasteiger partial charge in [0.2, 0.25) is 11.8 Å². The maximum absolute atomic E-state index is 14.8. The average molecular weight is 1030 g/mol. The molecule has 75 heavy (non-hydrogen) atoms.